The number of esters is 2. The van der Waals surface area contributed by atoms with Crippen LogP contribution in [0.15, 0.2) is 12.2 Å². The molecule has 0 spiro atoms. The molecule has 236 valence electrons. The summed E-state index contributed by atoms with van der Waals surface area (Å²) in [5.74, 6) is -0.0885. The van der Waals surface area contributed by atoms with Crippen LogP contribution in [-0.2, 0) is 19.1 Å². The number of carbonyl (C=O) groups is 2. The number of unbranched alkanes of at least 4 members (excludes halogenated alkanes) is 17. The third-order valence-electron chi connectivity index (χ3n) is 7.71. The predicted molar refractivity (Wildman–Crippen MR) is 171 cm³/mol. The van der Waals surface area contributed by atoms with E-state index in [4.69, 9.17) is 4.74 Å². The normalized spacial score (nSPS) is 12.3. The molecule has 1 atom stereocenters. The van der Waals surface area contributed by atoms with Crippen LogP contribution in [0.2, 0.25) is 0 Å². The van der Waals surface area contributed by atoms with Crippen molar-refractivity contribution in [2.24, 2.45) is 0 Å². The Kier molecular flexibility index (Phi) is 29.6. The van der Waals surface area contributed by atoms with Gasteiger partial charge in [0.15, 0.2) is 0 Å². The second kappa shape index (κ2) is 30.6. The van der Waals surface area contributed by atoms with Gasteiger partial charge in [0.25, 0.3) is 0 Å². The zero-order valence-corrected chi connectivity index (χ0v) is 27.2. The first kappa shape index (κ1) is 38.6. The van der Waals surface area contributed by atoms with Gasteiger partial charge in [-0.15, -0.1) is 0 Å². The third-order valence-corrected chi connectivity index (χ3v) is 7.71. The van der Waals surface area contributed by atoms with E-state index in [2.05, 4.69) is 28.7 Å². The van der Waals surface area contributed by atoms with Crippen molar-refractivity contribution in [1.29, 1.82) is 0 Å². The fourth-order valence-electron chi connectivity index (χ4n) is 5.12. The first-order chi connectivity index (χ1) is 19.5. The number of hydrogen-bond acceptors (Lipinski definition) is 5. The van der Waals surface area contributed by atoms with Crippen molar-refractivity contribution in [1.82, 2.24) is 4.90 Å². The van der Waals surface area contributed by atoms with Crippen LogP contribution in [0.3, 0.4) is 0 Å². The lowest BCUT2D eigenvalue weighted by Gasteiger charge is -2.18. The summed E-state index contributed by atoms with van der Waals surface area (Å²) in [4.78, 5) is 25.6. The molecule has 0 aromatic rings. The van der Waals surface area contributed by atoms with Gasteiger partial charge in [0, 0.05) is 12.8 Å². The molecular formula is C35H67NO4. The smallest absolute Gasteiger partial charge is 0.306 e. The van der Waals surface area contributed by atoms with E-state index in [-0.39, 0.29) is 18.0 Å². The summed E-state index contributed by atoms with van der Waals surface area (Å²) >= 11 is 0. The van der Waals surface area contributed by atoms with Gasteiger partial charge in [0.2, 0.25) is 0 Å². The fourth-order valence-corrected chi connectivity index (χ4v) is 5.12. The van der Waals surface area contributed by atoms with Crippen molar-refractivity contribution >= 4 is 11.9 Å². The molecule has 5 nitrogen and oxygen atoms in total. The van der Waals surface area contributed by atoms with Crippen LogP contribution >= 0.6 is 0 Å². The highest BCUT2D eigenvalue weighted by atomic mass is 16.5. The summed E-state index contributed by atoms with van der Waals surface area (Å²) in [5.41, 5.74) is 0. The molecule has 0 N–H and O–H groups in total. The number of rotatable bonds is 30. The molecule has 0 amide bonds. The summed E-state index contributed by atoms with van der Waals surface area (Å²) in [6, 6.07) is 0. The Morgan fingerprint density at radius 2 is 1.05 bits per heavy atom. The van der Waals surface area contributed by atoms with Gasteiger partial charge in [-0.25, -0.2) is 0 Å². The second-order valence-corrected chi connectivity index (χ2v) is 12.0. The lowest BCUT2D eigenvalue weighted by molar-refractivity contribution is -0.150. The molecule has 0 fully saturated rings. The molecule has 0 saturated carbocycles. The minimum atomic E-state index is -0.0843. The van der Waals surface area contributed by atoms with Crippen LogP contribution in [0.1, 0.15) is 167 Å². The van der Waals surface area contributed by atoms with Crippen LogP contribution in [0.5, 0.6) is 0 Å². The first-order valence-corrected chi connectivity index (χ1v) is 17.1. The molecule has 5 heteroatoms. The van der Waals surface area contributed by atoms with E-state index in [0.29, 0.717) is 12.8 Å². The maximum absolute atomic E-state index is 12.4. The van der Waals surface area contributed by atoms with E-state index in [1.54, 1.807) is 0 Å². The van der Waals surface area contributed by atoms with E-state index < -0.39 is 0 Å². The quantitative estimate of drug-likeness (QED) is 0.0493. The molecule has 40 heavy (non-hydrogen) atoms. The second-order valence-electron chi connectivity index (χ2n) is 12.0. The van der Waals surface area contributed by atoms with Gasteiger partial charge in [-0.1, -0.05) is 103 Å². The Morgan fingerprint density at radius 3 is 1.55 bits per heavy atom. The largest absolute Gasteiger partial charge is 0.469 e. The van der Waals surface area contributed by atoms with E-state index in [0.717, 1.165) is 38.6 Å². The molecule has 0 radical (unpaired) electrons. The maximum atomic E-state index is 12.4. The highest BCUT2D eigenvalue weighted by Crippen LogP contribution is 2.18. The summed E-state index contributed by atoms with van der Waals surface area (Å²) in [6.45, 7) is 3.20. The summed E-state index contributed by atoms with van der Waals surface area (Å²) < 4.78 is 10.6. The zero-order valence-electron chi connectivity index (χ0n) is 27.2. The molecule has 0 aliphatic rings. The van der Waals surface area contributed by atoms with Crippen molar-refractivity contribution in [3.8, 4) is 0 Å². The molecule has 0 aromatic carbocycles. The zero-order chi connectivity index (χ0) is 29.5. The summed E-state index contributed by atoms with van der Waals surface area (Å²) in [5, 5.41) is 0. The molecule has 0 aliphatic carbocycles. The van der Waals surface area contributed by atoms with Gasteiger partial charge >= 0.3 is 11.9 Å². The molecule has 0 bridgehead atoms. The Bertz CT molecular complexity index is 590. The molecule has 0 aromatic heterocycles. The average Bonchev–Trinajstić information content (AvgIpc) is 2.93. The van der Waals surface area contributed by atoms with E-state index >= 15 is 0 Å². The van der Waals surface area contributed by atoms with Gasteiger partial charge in [-0.3, -0.25) is 9.59 Å². The standard InChI is InChI=1S/C35H67NO4/c1-5-6-7-8-18-21-24-28-33(40-35(38)31-27-32-36(2)3)29-25-22-19-16-14-12-10-9-11-13-15-17-20-23-26-30-34(37)39-4/h10,12,33H,5-9,11,13-32H2,1-4H3. The van der Waals surface area contributed by atoms with Crippen LogP contribution in [0.4, 0.5) is 0 Å². The van der Waals surface area contributed by atoms with Crippen LogP contribution in [-0.4, -0.2) is 50.7 Å². The number of methoxy groups -OCH3 is 1. The highest BCUT2D eigenvalue weighted by molar-refractivity contribution is 5.69. The number of allylic oxidation sites excluding steroid dienone is 2. The molecular weight excluding hydrogens is 498 g/mol. The van der Waals surface area contributed by atoms with Gasteiger partial charge in [-0.2, -0.15) is 0 Å². The monoisotopic (exact) mass is 566 g/mol. The molecule has 0 rings (SSSR count). The molecule has 0 aliphatic heterocycles. The number of carbonyl (C=O) groups excluding carboxylic acids is 2. The van der Waals surface area contributed by atoms with Crippen molar-refractivity contribution in [3.63, 3.8) is 0 Å². The van der Waals surface area contributed by atoms with Crippen LogP contribution < -0.4 is 0 Å². The molecule has 1 unspecified atom stereocenters. The lowest BCUT2D eigenvalue weighted by Crippen LogP contribution is -2.20. The average molecular weight is 566 g/mol. The number of hydrogen-bond donors (Lipinski definition) is 0. The third kappa shape index (κ3) is 29.6. The Morgan fingerprint density at radius 1 is 0.600 bits per heavy atom. The first-order valence-electron chi connectivity index (χ1n) is 17.1. The van der Waals surface area contributed by atoms with E-state index in [1.165, 1.54) is 123 Å². The predicted octanol–water partition coefficient (Wildman–Crippen LogP) is 9.96. The molecule has 0 heterocycles. The van der Waals surface area contributed by atoms with Crippen LogP contribution in [0.25, 0.3) is 0 Å². The summed E-state index contributed by atoms with van der Waals surface area (Å²) in [6.07, 6.45) is 33.8. The van der Waals surface area contributed by atoms with Gasteiger partial charge < -0.3 is 14.4 Å². The SMILES string of the molecule is CCCCCCCCCC(CCCCCCC=CCCCCCCCCCC(=O)OC)OC(=O)CCCN(C)C. The lowest BCUT2D eigenvalue weighted by atomic mass is 10.0. The fraction of sp³-hybridized carbons (Fsp3) is 0.886. The summed E-state index contributed by atoms with van der Waals surface area (Å²) in [7, 11) is 5.56. The van der Waals surface area contributed by atoms with Crippen molar-refractivity contribution in [2.45, 2.75) is 174 Å². The Hall–Kier alpha value is -1.36. The van der Waals surface area contributed by atoms with Gasteiger partial charge in [-0.05, 0) is 84.8 Å². The minimum Gasteiger partial charge on any atom is -0.469 e. The van der Waals surface area contributed by atoms with Crippen molar-refractivity contribution in [3.05, 3.63) is 12.2 Å². The number of nitrogens with zero attached hydrogens (tertiary/aromatic N) is 1. The van der Waals surface area contributed by atoms with Crippen molar-refractivity contribution < 1.29 is 19.1 Å². The number of ether oxygens (including phenoxy) is 2. The van der Waals surface area contributed by atoms with Gasteiger partial charge in [0.1, 0.15) is 6.10 Å². The Labute approximate surface area is 249 Å². The highest BCUT2D eigenvalue weighted by Gasteiger charge is 2.14. The van der Waals surface area contributed by atoms with E-state index in [1.807, 2.05) is 14.1 Å². The maximum Gasteiger partial charge on any atom is 0.306 e. The molecule has 0 saturated heterocycles. The Balaban J connectivity index is 3.85. The topological polar surface area (TPSA) is 55.8 Å². The van der Waals surface area contributed by atoms with Crippen LogP contribution in [0, 0.1) is 0 Å². The van der Waals surface area contributed by atoms with E-state index in [9.17, 15) is 9.59 Å². The minimum absolute atomic E-state index is 0.00410. The van der Waals surface area contributed by atoms with Crippen molar-refractivity contribution in [2.75, 3.05) is 27.7 Å². The van der Waals surface area contributed by atoms with Gasteiger partial charge in [0.05, 0.1) is 7.11 Å².